The lowest BCUT2D eigenvalue weighted by atomic mass is 10.2. The van der Waals surface area contributed by atoms with Crippen molar-refractivity contribution < 1.29 is 4.79 Å². The zero-order valence-corrected chi connectivity index (χ0v) is 11.1. The molecule has 2 aromatic heterocycles. The van der Waals surface area contributed by atoms with Crippen molar-refractivity contribution in [2.75, 3.05) is 18.5 Å². The van der Waals surface area contributed by atoms with Crippen LogP contribution in [0.15, 0.2) is 36.7 Å². The molecule has 5 heteroatoms. The Hall–Kier alpha value is -2.30. The van der Waals surface area contributed by atoms with Crippen molar-refractivity contribution in [2.24, 2.45) is 0 Å². The van der Waals surface area contributed by atoms with Gasteiger partial charge in [0.25, 0.3) is 0 Å². The molecule has 2 rings (SSSR count). The van der Waals surface area contributed by atoms with E-state index in [1.807, 2.05) is 36.2 Å². The number of rotatable bonds is 5. The number of aromatic nitrogens is 3. The molecule has 0 aromatic carbocycles. The van der Waals surface area contributed by atoms with Crippen molar-refractivity contribution in [3.05, 3.63) is 36.7 Å². The first-order valence-corrected chi connectivity index (χ1v) is 6.11. The highest BCUT2D eigenvalue weighted by Crippen LogP contribution is 2.16. The summed E-state index contributed by atoms with van der Waals surface area (Å²) in [5.74, 6) is 0.931. The van der Waals surface area contributed by atoms with E-state index in [9.17, 15) is 4.79 Å². The molecular weight excluding hydrogens is 240 g/mol. The van der Waals surface area contributed by atoms with Crippen LogP contribution >= 0.6 is 0 Å². The van der Waals surface area contributed by atoms with Crippen LogP contribution in [0.4, 0.5) is 5.82 Å². The highest BCUT2D eigenvalue weighted by molar-refractivity contribution is 5.76. The van der Waals surface area contributed by atoms with Crippen LogP contribution in [-0.2, 0) is 4.79 Å². The van der Waals surface area contributed by atoms with Gasteiger partial charge in [-0.25, -0.2) is 0 Å². The maximum Gasteiger partial charge on any atom is 0.151 e. The molecule has 5 nitrogen and oxygen atoms in total. The molecule has 2 aromatic rings. The van der Waals surface area contributed by atoms with E-state index in [4.69, 9.17) is 0 Å². The Morgan fingerprint density at radius 2 is 2.11 bits per heavy atom. The summed E-state index contributed by atoms with van der Waals surface area (Å²) in [6.07, 6.45) is 3.99. The molecule has 0 spiro atoms. The van der Waals surface area contributed by atoms with Gasteiger partial charge in [0.2, 0.25) is 0 Å². The van der Waals surface area contributed by atoms with Gasteiger partial charge in [0.05, 0.1) is 5.69 Å². The van der Waals surface area contributed by atoms with E-state index in [2.05, 4.69) is 15.2 Å². The Morgan fingerprint density at radius 1 is 1.26 bits per heavy atom. The molecule has 0 saturated carbocycles. The summed E-state index contributed by atoms with van der Waals surface area (Å²) in [4.78, 5) is 16.9. The fourth-order valence-corrected chi connectivity index (χ4v) is 1.64. The molecule has 98 valence electrons. The van der Waals surface area contributed by atoms with Crippen LogP contribution < -0.4 is 4.90 Å². The molecule has 0 aliphatic heterocycles. The molecule has 0 N–H and O–H groups in total. The number of Topliss-reactive ketones (excluding diaryl/α,β-unsaturated/α-hetero) is 1. The Kier molecular flexibility index (Phi) is 4.18. The molecule has 0 bridgehead atoms. The van der Waals surface area contributed by atoms with Crippen molar-refractivity contribution in [1.29, 1.82) is 0 Å². The third-order valence-electron chi connectivity index (χ3n) is 2.80. The van der Waals surface area contributed by atoms with Crippen LogP contribution in [0.2, 0.25) is 0 Å². The molecule has 2 heterocycles. The maximum absolute atomic E-state index is 10.9. The smallest absolute Gasteiger partial charge is 0.151 e. The topological polar surface area (TPSA) is 59.0 Å². The summed E-state index contributed by atoms with van der Waals surface area (Å²) in [6.45, 7) is 2.24. The monoisotopic (exact) mass is 256 g/mol. The molecule has 0 atom stereocenters. The van der Waals surface area contributed by atoms with Gasteiger partial charge in [-0.1, -0.05) is 0 Å². The summed E-state index contributed by atoms with van der Waals surface area (Å²) >= 11 is 0. The zero-order chi connectivity index (χ0) is 13.7. The number of carbonyl (C=O) groups is 1. The number of ketones is 1. The second-order valence-electron chi connectivity index (χ2n) is 4.39. The second kappa shape index (κ2) is 6.04. The zero-order valence-electron chi connectivity index (χ0n) is 11.1. The normalized spacial score (nSPS) is 10.2. The first-order valence-electron chi connectivity index (χ1n) is 6.11. The van der Waals surface area contributed by atoms with Gasteiger partial charge in [-0.3, -0.25) is 9.78 Å². The van der Waals surface area contributed by atoms with Gasteiger partial charge in [-0.05, 0) is 31.2 Å². The number of nitrogens with zero attached hydrogens (tertiary/aromatic N) is 4. The lowest BCUT2D eigenvalue weighted by molar-refractivity contribution is -0.116. The SMILES string of the molecule is CC(=O)CCN(C)c1ccc(-c2cccnc2)nn1. The number of carbonyl (C=O) groups excluding carboxylic acids is 1. The minimum Gasteiger partial charge on any atom is -0.358 e. The lowest BCUT2D eigenvalue weighted by Gasteiger charge is -2.16. The second-order valence-corrected chi connectivity index (χ2v) is 4.39. The van der Waals surface area contributed by atoms with Crippen molar-refractivity contribution in [3.8, 4) is 11.3 Å². The predicted molar refractivity (Wildman–Crippen MR) is 73.8 cm³/mol. The Labute approximate surface area is 112 Å². The highest BCUT2D eigenvalue weighted by Gasteiger charge is 2.06. The third kappa shape index (κ3) is 3.58. The number of anilines is 1. The standard InChI is InChI=1S/C14H16N4O/c1-11(19)7-9-18(2)14-6-5-13(16-17-14)12-4-3-8-15-10-12/h3-6,8,10H,7,9H2,1-2H3. The average Bonchev–Trinajstić information content (AvgIpc) is 2.46. The highest BCUT2D eigenvalue weighted by atomic mass is 16.1. The van der Waals surface area contributed by atoms with E-state index in [1.165, 1.54) is 0 Å². The van der Waals surface area contributed by atoms with Crippen LogP contribution in [0.25, 0.3) is 11.3 Å². The first kappa shape index (κ1) is 13.1. The van der Waals surface area contributed by atoms with Crippen molar-refractivity contribution >= 4 is 11.6 Å². The van der Waals surface area contributed by atoms with Gasteiger partial charge in [0, 0.05) is 38.0 Å². The molecule has 0 amide bonds. The fourth-order valence-electron chi connectivity index (χ4n) is 1.64. The van der Waals surface area contributed by atoms with Crippen LogP contribution in [0.3, 0.4) is 0 Å². The summed E-state index contributed by atoms with van der Waals surface area (Å²) < 4.78 is 0. The van der Waals surface area contributed by atoms with E-state index in [0.717, 1.165) is 17.1 Å². The van der Waals surface area contributed by atoms with Gasteiger partial charge in [-0.15, -0.1) is 10.2 Å². The molecule has 0 fully saturated rings. The van der Waals surface area contributed by atoms with E-state index >= 15 is 0 Å². The van der Waals surface area contributed by atoms with Gasteiger partial charge in [0.1, 0.15) is 5.78 Å². The summed E-state index contributed by atoms with van der Waals surface area (Å²) in [6, 6.07) is 7.61. The molecule has 0 saturated heterocycles. The molecule has 19 heavy (non-hydrogen) atoms. The lowest BCUT2D eigenvalue weighted by Crippen LogP contribution is -2.21. The van der Waals surface area contributed by atoms with Crippen molar-refractivity contribution in [3.63, 3.8) is 0 Å². The van der Waals surface area contributed by atoms with Gasteiger partial charge in [0.15, 0.2) is 5.82 Å². The fraction of sp³-hybridized carbons (Fsp3) is 0.286. The molecule has 0 unspecified atom stereocenters. The van der Waals surface area contributed by atoms with E-state index in [1.54, 1.807) is 19.3 Å². The van der Waals surface area contributed by atoms with E-state index in [0.29, 0.717) is 13.0 Å². The van der Waals surface area contributed by atoms with Crippen LogP contribution in [0.1, 0.15) is 13.3 Å². The minimum atomic E-state index is 0.173. The summed E-state index contributed by atoms with van der Waals surface area (Å²) in [5.41, 5.74) is 1.73. The molecule has 0 aliphatic carbocycles. The van der Waals surface area contributed by atoms with E-state index in [-0.39, 0.29) is 5.78 Å². The van der Waals surface area contributed by atoms with Gasteiger partial charge < -0.3 is 4.90 Å². The number of pyridine rings is 1. The Bertz CT molecular complexity index is 539. The largest absolute Gasteiger partial charge is 0.358 e. The Balaban J connectivity index is 2.08. The van der Waals surface area contributed by atoms with Crippen molar-refractivity contribution in [2.45, 2.75) is 13.3 Å². The average molecular weight is 256 g/mol. The van der Waals surface area contributed by atoms with Crippen LogP contribution in [-0.4, -0.2) is 34.6 Å². The molecular formula is C14H16N4O. The number of hydrogen-bond acceptors (Lipinski definition) is 5. The molecule has 0 radical (unpaired) electrons. The number of hydrogen-bond donors (Lipinski definition) is 0. The van der Waals surface area contributed by atoms with Crippen molar-refractivity contribution in [1.82, 2.24) is 15.2 Å². The van der Waals surface area contributed by atoms with Crippen LogP contribution in [0.5, 0.6) is 0 Å². The van der Waals surface area contributed by atoms with Gasteiger partial charge in [-0.2, -0.15) is 0 Å². The Morgan fingerprint density at radius 3 is 2.68 bits per heavy atom. The van der Waals surface area contributed by atoms with Crippen LogP contribution in [0, 0.1) is 0 Å². The van der Waals surface area contributed by atoms with E-state index < -0.39 is 0 Å². The first-order chi connectivity index (χ1) is 9.16. The quantitative estimate of drug-likeness (QED) is 0.818. The predicted octanol–water partition coefficient (Wildman–Crippen LogP) is 1.95. The van der Waals surface area contributed by atoms with Gasteiger partial charge >= 0.3 is 0 Å². The maximum atomic E-state index is 10.9. The third-order valence-corrected chi connectivity index (χ3v) is 2.80. The summed E-state index contributed by atoms with van der Waals surface area (Å²) in [7, 11) is 1.90. The molecule has 0 aliphatic rings. The summed E-state index contributed by atoms with van der Waals surface area (Å²) in [5, 5.41) is 8.35. The minimum absolute atomic E-state index is 0.173.